The monoisotopic (exact) mass is 586 g/mol. The number of Topliss-reactive ketones (excluding diaryl/α,β-unsaturated/α-hetero) is 1. The van der Waals surface area contributed by atoms with Gasteiger partial charge in [0.05, 0.1) is 16.3 Å². The van der Waals surface area contributed by atoms with E-state index in [1.165, 1.54) is 17.4 Å². The molecular formula is C35H27FN4O2S. The number of H-pyrrole nitrogens is 1. The van der Waals surface area contributed by atoms with Gasteiger partial charge in [-0.3, -0.25) is 9.59 Å². The molecule has 0 spiro atoms. The molecule has 43 heavy (non-hydrogen) atoms. The molecule has 1 amide bonds. The maximum absolute atomic E-state index is 14.5. The highest BCUT2D eigenvalue weighted by atomic mass is 32.1. The largest absolute Gasteiger partial charge is 0.345 e. The van der Waals surface area contributed by atoms with Crippen molar-refractivity contribution in [3.63, 3.8) is 0 Å². The second-order valence-electron chi connectivity index (χ2n) is 10.8. The smallest absolute Gasteiger partial charge is 0.276 e. The summed E-state index contributed by atoms with van der Waals surface area (Å²) in [5.74, 6) is -0.662. The summed E-state index contributed by atoms with van der Waals surface area (Å²) < 4.78 is 14.5. The van der Waals surface area contributed by atoms with E-state index in [4.69, 9.17) is 4.98 Å². The third-order valence-electron chi connectivity index (χ3n) is 7.98. The van der Waals surface area contributed by atoms with Gasteiger partial charge in [0.25, 0.3) is 5.91 Å². The molecule has 1 N–H and O–H groups in total. The van der Waals surface area contributed by atoms with Crippen LogP contribution in [-0.4, -0.2) is 33.2 Å². The number of rotatable bonds is 5. The molecule has 0 unspecified atom stereocenters. The summed E-state index contributed by atoms with van der Waals surface area (Å²) in [7, 11) is 0. The average molecular weight is 587 g/mol. The van der Waals surface area contributed by atoms with E-state index in [1.54, 1.807) is 17.0 Å². The number of fused-ring (bicyclic) bond motifs is 4. The van der Waals surface area contributed by atoms with Gasteiger partial charge in [-0.05, 0) is 78.9 Å². The second-order valence-corrected chi connectivity index (χ2v) is 11.9. The Labute approximate surface area is 251 Å². The van der Waals surface area contributed by atoms with Crippen LogP contribution in [0.4, 0.5) is 10.1 Å². The number of amides is 1. The van der Waals surface area contributed by atoms with Gasteiger partial charge >= 0.3 is 0 Å². The van der Waals surface area contributed by atoms with E-state index in [2.05, 4.69) is 16.0 Å². The highest BCUT2D eigenvalue weighted by Gasteiger charge is 2.28. The Morgan fingerprint density at radius 1 is 1.00 bits per heavy atom. The summed E-state index contributed by atoms with van der Waals surface area (Å²) in [6.45, 7) is 4.25. The fourth-order valence-corrected chi connectivity index (χ4v) is 6.93. The van der Waals surface area contributed by atoms with Gasteiger partial charge in [0.1, 0.15) is 17.2 Å². The van der Waals surface area contributed by atoms with Crippen molar-refractivity contribution in [2.45, 2.75) is 26.7 Å². The number of aromatic amines is 1. The van der Waals surface area contributed by atoms with Gasteiger partial charge in [-0.2, -0.15) is 0 Å². The summed E-state index contributed by atoms with van der Waals surface area (Å²) >= 11 is 1.41. The molecule has 5 heterocycles. The number of hydrogen-bond donors (Lipinski definition) is 1. The number of halogens is 1. The number of anilines is 1. The normalized spacial score (nSPS) is 12.6. The lowest BCUT2D eigenvalue weighted by molar-refractivity contribution is 0.0978. The number of nitrogens with zero attached hydrogens (tertiary/aromatic N) is 3. The zero-order valence-electron chi connectivity index (χ0n) is 23.6. The number of carbonyl (C=O) groups is 2. The number of nitrogens with one attached hydrogen (secondary N) is 1. The van der Waals surface area contributed by atoms with Crippen molar-refractivity contribution < 1.29 is 14.0 Å². The number of aryl methyl sites for hydroxylation is 2. The van der Waals surface area contributed by atoms with Gasteiger partial charge in [-0.15, -0.1) is 11.3 Å². The number of pyridine rings is 2. The molecule has 1 aliphatic heterocycles. The fourth-order valence-electron chi connectivity index (χ4n) is 5.74. The standard InChI is InChI=1S/C35H27FN4O2S/c1-20-15-25-26(19-38-34(25)37-18-20)28-10-6-11-29(39-28)35(42)40-14-13-22-16-32(43-33(22)23-8-3-4-12-30(23)40)31(41)17-24-21(2)7-5-9-27(24)36/h3-12,15-16,18-19H,13-14,17H2,1-2H3,(H,37,38). The maximum Gasteiger partial charge on any atom is 0.276 e. The van der Waals surface area contributed by atoms with Gasteiger partial charge in [0.2, 0.25) is 0 Å². The van der Waals surface area contributed by atoms with E-state index < -0.39 is 0 Å². The topological polar surface area (TPSA) is 79.0 Å². The molecule has 0 fully saturated rings. The van der Waals surface area contributed by atoms with Gasteiger partial charge in [0, 0.05) is 46.7 Å². The van der Waals surface area contributed by atoms with Gasteiger partial charge < -0.3 is 9.88 Å². The Kier molecular flexibility index (Phi) is 6.70. The number of carbonyl (C=O) groups excluding carboxylic acids is 2. The summed E-state index contributed by atoms with van der Waals surface area (Å²) in [5, 5.41) is 0.956. The molecular weight excluding hydrogens is 559 g/mol. The van der Waals surface area contributed by atoms with Crippen LogP contribution in [0.2, 0.25) is 0 Å². The zero-order chi connectivity index (χ0) is 29.7. The molecule has 2 aromatic carbocycles. The molecule has 0 radical (unpaired) electrons. The third kappa shape index (κ3) is 4.83. The van der Waals surface area contributed by atoms with E-state index in [0.717, 1.165) is 49.4 Å². The van der Waals surface area contributed by atoms with E-state index in [1.807, 2.05) is 74.8 Å². The number of aromatic nitrogens is 3. The van der Waals surface area contributed by atoms with Gasteiger partial charge in [-0.1, -0.05) is 36.4 Å². The third-order valence-corrected chi connectivity index (χ3v) is 9.23. The first kappa shape index (κ1) is 26.9. The Morgan fingerprint density at radius 2 is 1.84 bits per heavy atom. The van der Waals surface area contributed by atoms with Crippen LogP contribution in [0, 0.1) is 19.7 Å². The Bertz CT molecular complexity index is 2040. The first-order chi connectivity index (χ1) is 20.9. The molecule has 6 aromatic rings. The van der Waals surface area contributed by atoms with Gasteiger partial charge in [-0.25, -0.2) is 14.4 Å². The highest BCUT2D eigenvalue weighted by molar-refractivity contribution is 7.17. The Morgan fingerprint density at radius 3 is 2.70 bits per heavy atom. The quantitative estimate of drug-likeness (QED) is 0.210. The van der Waals surface area contributed by atoms with E-state index in [-0.39, 0.29) is 23.9 Å². The van der Waals surface area contributed by atoms with Crippen LogP contribution >= 0.6 is 11.3 Å². The minimum Gasteiger partial charge on any atom is -0.345 e. The number of thiophene rings is 1. The molecule has 1 aliphatic rings. The highest BCUT2D eigenvalue weighted by Crippen LogP contribution is 2.42. The molecule has 212 valence electrons. The predicted molar refractivity (Wildman–Crippen MR) is 168 cm³/mol. The molecule has 4 aromatic heterocycles. The van der Waals surface area contributed by atoms with Gasteiger partial charge in [0.15, 0.2) is 5.78 Å². The summed E-state index contributed by atoms with van der Waals surface area (Å²) in [6.07, 6.45) is 4.28. The maximum atomic E-state index is 14.5. The molecule has 0 aliphatic carbocycles. The van der Waals surface area contributed by atoms with Crippen molar-refractivity contribution in [1.29, 1.82) is 0 Å². The van der Waals surface area contributed by atoms with E-state index in [0.29, 0.717) is 34.8 Å². The van der Waals surface area contributed by atoms with Crippen molar-refractivity contribution in [2.75, 3.05) is 11.4 Å². The molecule has 0 saturated heterocycles. The van der Waals surface area contributed by atoms with Crippen molar-refractivity contribution in [2.24, 2.45) is 0 Å². The van der Waals surface area contributed by atoms with Crippen LogP contribution in [-0.2, 0) is 12.8 Å². The van der Waals surface area contributed by atoms with Crippen molar-refractivity contribution >= 4 is 39.7 Å². The minimum absolute atomic E-state index is 0.0121. The van der Waals surface area contributed by atoms with Crippen molar-refractivity contribution in [3.8, 4) is 21.7 Å². The first-order valence-corrected chi connectivity index (χ1v) is 14.9. The zero-order valence-corrected chi connectivity index (χ0v) is 24.5. The lowest BCUT2D eigenvalue weighted by atomic mass is 10.0. The number of ketones is 1. The first-order valence-electron chi connectivity index (χ1n) is 14.1. The Hall–Kier alpha value is -4.95. The number of benzene rings is 2. The molecule has 0 saturated carbocycles. The van der Waals surface area contributed by atoms with E-state index >= 15 is 0 Å². The summed E-state index contributed by atoms with van der Waals surface area (Å²) in [5.41, 5.74) is 7.62. The lowest BCUT2D eigenvalue weighted by Gasteiger charge is -2.23. The van der Waals surface area contributed by atoms with Crippen LogP contribution in [0.3, 0.4) is 0 Å². The molecule has 7 rings (SSSR count). The minimum atomic E-state index is -0.361. The number of hydrogen-bond acceptors (Lipinski definition) is 5. The molecule has 8 heteroatoms. The predicted octanol–water partition coefficient (Wildman–Crippen LogP) is 7.74. The second kappa shape index (κ2) is 10.7. The molecule has 0 atom stereocenters. The molecule has 0 bridgehead atoms. The van der Waals surface area contributed by atoms with Crippen LogP contribution in [0.15, 0.2) is 85.2 Å². The average Bonchev–Trinajstić information content (AvgIpc) is 3.60. The summed E-state index contributed by atoms with van der Waals surface area (Å²) in [6, 6.07) is 22.1. The van der Waals surface area contributed by atoms with Crippen molar-refractivity contribution in [3.05, 3.63) is 124 Å². The number of para-hydroxylation sites is 1. The van der Waals surface area contributed by atoms with E-state index in [9.17, 15) is 14.0 Å². The van der Waals surface area contributed by atoms with Crippen LogP contribution in [0.25, 0.3) is 32.7 Å². The molecule has 6 nitrogen and oxygen atoms in total. The summed E-state index contributed by atoms with van der Waals surface area (Å²) in [4.78, 5) is 43.1. The van der Waals surface area contributed by atoms with Crippen LogP contribution in [0.1, 0.15) is 42.4 Å². The fraction of sp³-hybridized carbons (Fsp3) is 0.143. The lowest BCUT2D eigenvalue weighted by Crippen LogP contribution is -2.33. The Balaban J connectivity index is 1.21. The SMILES string of the molecule is Cc1cnc2[nH]cc(-c3cccc(C(=O)N4CCc5cc(C(=O)Cc6c(C)cccc6F)sc5-c5ccccc54)n3)c2c1. The van der Waals surface area contributed by atoms with Crippen molar-refractivity contribution in [1.82, 2.24) is 15.0 Å². The van der Waals surface area contributed by atoms with Crippen LogP contribution in [0.5, 0.6) is 0 Å². The van der Waals surface area contributed by atoms with Crippen LogP contribution < -0.4 is 4.90 Å².